The van der Waals surface area contributed by atoms with E-state index in [4.69, 9.17) is 14.2 Å². The third kappa shape index (κ3) is 6.74. The molecule has 0 aliphatic carbocycles. The number of ether oxygens (including phenoxy) is 3. The summed E-state index contributed by atoms with van der Waals surface area (Å²) in [6, 6.07) is 5.43. The number of esters is 1. The first-order chi connectivity index (χ1) is 16.1. The predicted octanol–water partition coefficient (Wildman–Crippen LogP) is 3.80. The molecule has 1 aromatic rings. The number of carbonyl (C=O) groups excluding carboxylic acids is 2. The van der Waals surface area contributed by atoms with Gasteiger partial charge in [-0.2, -0.15) is 0 Å². The number of nitrogens with zero attached hydrogens (tertiary/aromatic N) is 2. The molecule has 8 heteroatoms. The molecule has 2 atom stereocenters. The molecular weight excluding hydrogens is 448 g/mol. The van der Waals surface area contributed by atoms with Crippen LogP contribution < -0.4 is 4.74 Å². The van der Waals surface area contributed by atoms with Gasteiger partial charge in [-0.3, -0.25) is 9.69 Å². The Kier molecular flexibility index (Phi) is 9.01. The Labute approximate surface area is 210 Å². The first-order valence-corrected chi connectivity index (χ1v) is 12.2. The minimum absolute atomic E-state index is 0.0860. The molecule has 0 spiro atoms. The summed E-state index contributed by atoms with van der Waals surface area (Å²) in [4.78, 5) is 30.5. The normalized spacial score (nSPS) is 20.6. The minimum Gasteiger partial charge on any atom is -0.496 e. The predicted molar refractivity (Wildman–Crippen MR) is 135 cm³/mol. The lowest BCUT2D eigenvalue weighted by Gasteiger charge is -2.50. The standard InChI is InChI=1S/C27H44N2O6/c1-18(2)16-27(23(31)34-10)17-28(24(32)35-26(6,7)8)13-14-29(27)22(30)19-11-12-20(25(3,4)5)21(15-19)33-9/h11-12,15,18,24,32H,13-14,16-17H2,1-10H3. The van der Waals surface area contributed by atoms with Crippen LogP contribution in [-0.4, -0.2) is 78.2 Å². The molecule has 8 nitrogen and oxygen atoms in total. The van der Waals surface area contributed by atoms with E-state index in [1.54, 1.807) is 29.0 Å². The number of rotatable bonds is 7. The maximum atomic E-state index is 13.9. The summed E-state index contributed by atoms with van der Waals surface area (Å²) in [5.41, 5.74) is -0.591. The number of carbonyl (C=O) groups is 2. The van der Waals surface area contributed by atoms with Gasteiger partial charge < -0.3 is 24.2 Å². The summed E-state index contributed by atoms with van der Waals surface area (Å²) in [6.07, 6.45) is -0.837. The van der Waals surface area contributed by atoms with Crippen LogP contribution in [0.2, 0.25) is 0 Å². The van der Waals surface area contributed by atoms with Crippen molar-refractivity contribution in [1.82, 2.24) is 9.80 Å². The van der Waals surface area contributed by atoms with Crippen LogP contribution in [0, 0.1) is 5.92 Å². The fraction of sp³-hybridized carbons (Fsp3) is 0.704. The Morgan fingerprint density at radius 3 is 2.20 bits per heavy atom. The number of aliphatic hydroxyl groups excluding tert-OH is 1. The van der Waals surface area contributed by atoms with E-state index in [-0.39, 0.29) is 30.3 Å². The lowest BCUT2D eigenvalue weighted by atomic mass is 9.83. The van der Waals surface area contributed by atoms with Crippen LogP contribution in [0.25, 0.3) is 0 Å². The van der Waals surface area contributed by atoms with Crippen LogP contribution in [0.3, 0.4) is 0 Å². The van der Waals surface area contributed by atoms with Crippen molar-refractivity contribution in [2.24, 2.45) is 5.92 Å². The maximum Gasteiger partial charge on any atom is 0.333 e. The first kappa shape index (κ1) is 29.1. The number of aliphatic hydroxyl groups is 1. The van der Waals surface area contributed by atoms with E-state index in [0.29, 0.717) is 24.3 Å². The van der Waals surface area contributed by atoms with Crippen LogP contribution in [0.15, 0.2) is 18.2 Å². The van der Waals surface area contributed by atoms with E-state index in [1.807, 2.05) is 40.7 Å². The molecule has 1 N–H and O–H groups in total. The molecule has 1 amide bonds. The topological polar surface area (TPSA) is 88.5 Å². The molecule has 1 saturated heterocycles. The van der Waals surface area contributed by atoms with Crippen molar-refractivity contribution in [2.75, 3.05) is 33.9 Å². The third-order valence-electron chi connectivity index (χ3n) is 6.18. The van der Waals surface area contributed by atoms with E-state index in [0.717, 1.165) is 5.56 Å². The molecule has 0 saturated carbocycles. The van der Waals surface area contributed by atoms with Gasteiger partial charge >= 0.3 is 5.97 Å². The van der Waals surface area contributed by atoms with Gasteiger partial charge in [-0.15, -0.1) is 0 Å². The molecule has 0 bridgehead atoms. The second-order valence-corrected chi connectivity index (χ2v) is 11.8. The highest BCUT2D eigenvalue weighted by Crippen LogP contribution is 2.36. The Morgan fingerprint density at radius 2 is 1.71 bits per heavy atom. The zero-order valence-corrected chi connectivity index (χ0v) is 23.1. The molecule has 1 aliphatic heterocycles. The van der Waals surface area contributed by atoms with Gasteiger partial charge in [-0.25, -0.2) is 4.79 Å². The van der Waals surface area contributed by atoms with Gasteiger partial charge in [-0.1, -0.05) is 40.7 Å². The molecule has 198 valence electrons. The van der Waals surface area contributed by atoms with E-state index in [9.17, 15) is 14.7 Å². The van der Waals surface area contributed by atoms with Crippen LogP contribution in [0.1, 0.15) is 77.7 Å². The molecule has 1 aliphatic rings. The van der Waals surface area contributed by atoms with Crippen LogP contribution in [0.4, 0.5) is 0 Å². The van der Waals surface area contributed by atoms with Crippen LogP contribution >= 0.6 is 0 Å². The van der Waals surface area contributed by atoms with E-state index in [2.05, 4.69) is 20.8 Å². The Bertz CT molecular complexity index is 902. The first-order valence-electron chi connectivity index (χ1n) is 12.2. The lowest BCUT2D eigenvalue weighted by molar-refractivity contribution is -0.252. The second-order valence-electron chi connectivity index (χ2n) is 11.8. The van der Waals surface area contributed by atoms with Gasteiger partial charge in [0.25, 0.3) is 5.91 Å². The van der Waals surface area contributed by atoms with Gasteiger partial charge in [0, 0.05) is 25.2 Å². The van der Waals surface area contributed by atoms with Crippen molar-refractivity contribution < 1.29 is 28.9 Å². The second kappa shape index (κ2) is 10.8. The Morgan fingerprint density at radius 1 is 1.09 bits per heavy atom. The van der Waals surface area contributed by atoms with Crippen molar-refractivity contribution in [3.05, 3.63) is 29.3 Å². The van der Waals surface area contributed by atoms with Crippen molar-refractivity contribution >= 4 is 11.9 Å². The molecule has 1 fully saturated rings. The summed E-state index contributed by atoms with van der Waals surface area (Å²) < 4.78 is 16.6. The van der Waals surface area contributed by atoms with Crippen molar-refractivity contribution in [2.45, 2.75) is 84.8 Å². The van der Waals surface area contributed by atoms with E-state index in [1.165, 1.54) is 7.11 Å². The van der Waals surface area contributed by atoms with E-state index < -0.39 is 23.5 Å². The van der Waals surface area contributed by atoms with Crippen molar-refractivity contribution in [3.8, 4) is 5.75 Å². The zero-order chi connectivity index (χ0) is 26.8. The largest absolute Gasteiger partial charge is 0.496 e. The molecular formula is C27H44N2O6. The minimum atomic E-state index is -1.28. The number of benzene rings is 1. The number of hydrogen-bond donors (Lipinski definition) is 1. The number of hydrogen-bond acceptors (Lipinski definition) is 7. The van der Waals surface area contributed by atoms with Crippen molar-refractivity contribution in [3.63, 3.8) is 0 Å². The summed E-state index contributed by atoms with van der Waals surface area (Å²) in [5.74, 6) is -0.0717. The van der Waals surface area contributed by atoms with Gasteiger partial charge in [0.2, 0.25) is 6.41 Å². The smallest absolute Gasteiger partial charge is 0.333 e. The molecule has 35 heavy (non-hydrogen) atoms. The maximum absolute atomic E-state index is 13.9. The molecule has 0 radical (unpaired) electrons. The average Bonchev–Trinajstić information content (AvgIpc) is 2.75. The Balaban J connectivity index is 2.52. The average molecular weight is 493 g/mol. The summed E-state index contributed by atoms with van der Waals surface area (Å²) in [5, 5.41) is 10.8. The summed E-state index contributed by atoms with van der Waals surface area (Å²) in [7, 11) is 2.92. The van der Waals surface area contributed by atoms with Gasteiger partial charge in [0.15, 0.2) is 5.54 Å². The molecule has 0 aromatic heterocycles. The Hall–Kier alpha value is -2.16. The molecule has 2 unspecified atom stereocenters. The molecule has 2 rings (SSSR count). The fourth-order valence-electron chi connectivity index (χ4n) is 4.72. The van der Waals surface area contributed by atoms with E-state index >= 15 is 0 Å². The molecule has 1 aromatic carbocycles. The number of piperazine rings is 1. The molecule has 1 heterocycles. The van der Waals surface area contributed by atoms with Gasteiger partial charge in [-0.05, 0) is 56.2 Å². The number of amides is 1. The highest BCUT2D eigenvalue weighted by molar-refractivity contribution is 5.99. The third-order valence-corrected chi connectivity index (χ3v) is 6.18. The summed E-state index contributed by atoms with van der Waals surface area (Å²) in [6.45, 7) is 16.5. The highest BCUT2D eigenvalue weighted by Gasteiger charge is 2.52. The summed E-state index contributed by atoms with van der Waals surface area (Å²) >= 11 is 0. The van der Waals surface area contributed by atoms with Gasteiger partial charge in [0.05, 0.1) is 19.8 Å². The SMILES string of the molecule is COC(=O)C1(CC(C)C)CN(C(O)OC(C)(C)C)CCN1C(=O)c1ccc(C(C)(C)C)c(OC)c1. The monoisotopic (exact) mass is 492 g/mol. The zero-order valence-electron chi connectivity index (χ0n) is 23.1. The highest BCUT2D eigenvalue weighted by atomic mass is 16.6. The number of methoxy groups -OCH3 is 2. The fourth-order valence-corrected chi connectivity index (χ4v) is 4.72. The van der Waals surface area contributed by atoms with Gasteiger partial charge in [0.1, 0.15) is 5.75 Å². The van der Waals surface area contributed by atoms with Crippen molar-refractivity contribution in [1.29, 1.82) is 0 Å². The quantitative estimate of drug-likeness (QED) is 0.457. The lowest BCUT2D eigenvalue weighted by Crippen LogP contribution is -2.70. The van der Waals surface area contributed by atoms with Crippen LogP contribution in [0.5, 0.6) is 5.75 Å². The van der Waals surface area contributed by atoms with Crippen LogP contribution in [-0.2, 0) is 19.7 Å².